The number of ether oxygens (including phenoxy) is 1. The Bertz CT molecular complexity index is 1440. The molecule has 51 heavy (non-hydrogen) atoms. The summed E-state index contributed by atoms with van der Waals surface area (Å²) in [5.41, 5.74) is 2.17. The summed E-state index contributed by atoms with van der Waals surface area (Å²) in [7, 11) is 0. The SMILES string of the molecule is C=C(C)C(=O)C(CC(C)C)NC(=O)[C@H](Cc1ccccc1)NC(=O)[C@H](CC(C)C)NC(=O)[C@H](CCc1ccccc1)NC(=O)CN1CCOCC1. The topological polar surface area (TPSA) is 146 Å². The molecule has 4 amide bonds. The van der Waals surface area contributed by atoms with Gasteiger partial charge in [0.2, 0.25) is 23.6 Å². The highest BCUT2D eigenvalue weighted by atomic mass is 16.5. The number of morpholine rings is 1. The summed E-state index contributed by atoms with van der Waals surface area (Å²) in [6.45, 7) is 15.7. The van der Waals surface area contributed by atoms with E-state index in [0.29, 0.717) is 57.6 Å². The van der Waals surface area contributed by atoms with Gasteiger partial charge in [-0.1, -0.05) is 94.9 Å². The zero-order valence-electron chi connectivity index (χ0n) is 30.9. The van der Waals surface area contributed by atoms with Gasteiger partial charge in [-0.2, -0.15) is 0 Å². The van der Waals surface area contributed by atoms with Crippen LogP contribution in [0.2, 0.25) is 0 Å². The molecule has 11 nitrogen and oxygen atoms in total. The molecule has 0 saturated carbocycles. The van der Waals surface area contributed by atoms with Crippen LogP contribution >= 0.6 is 0 Å². The molecule has 1 aliphatic rings. The quantitative estimate of drug-likeness (QED) is 0.155. The van der Waals surface area contributed by atoms with Gasteiger partial charge in [0.1, 0.15) is 18.1 Å². The first-order valence-electron chi connectivity index (χ1n) is 18.1. The van der Waals surface area contributed by atoms with Gasteiger partial charge in [-0.25, -0.2) is 0 Å². The van der Waals surface area contributed by atoms with E-state index >= 15 is 0 Å². The van der Waals surface area contributed by atoms with Crippen LogP contribution in [0.5, 0.6) is 0 Å². The molecule has 1 aliphatic heterocycles. The molecule has 4 atom stereocenters. The largest absolute Gasteiger partial charge is 0.379 e. The van der Waals surface area contributed by atoms with E-state index in [1.54, 1.807) is 6.92 Å². The molecule has 3 rings (SSSR count). The van der Waals surface area contributed by atoms with Crippen molar-refractivity contribution in [1.82, 2.24) is 26.2 Å². The Kier molecular flexibility index (Phi) is 17.0. The van der Waals surface area contributed by atoms with Crippen molar-refractivity contribution in [2.75, 3.05) is 32.8 Å². The van der Waals surface area contributed by atoms with Crippen LogP contribution in [-0.4, -0.2) is 91.3 Å². The minimum Gasteiger partial charge on any atom is -0.379 e. The Balaban J connectivity index is 1.82. The van der Waals surface area contributed by atoms with Crippen LogP contribution in [0.15, 0.2) is 72.8 Å². The minimum absolute atomic E-state index is 0.0183. The normalized spacial score (nSPS) is 15.7. The Morgan fingerprint density at radius 1 is 0.686 bits per heavy atom. The fourth-order valence-corrected chi connectivity index (χ4v) is 6.01. The molecule has 2 aromatic rings. The molecule has 0 bridgehead atoms. The zero-order valence-corrected chi connectivity index (χ0v) is 30.9. The lowest BCUT2D eigenvalue weighted by Crippen LogP contribution is -2.59. The highest BCUT2D eigenvalue weighted by Gasteiger charge is 2.32. The summed E-state index contributed by atoms with van der Waals surface area (Å²) in [6, 6.07) is 15.3. The van der Waals surface area contributed by atoms with E-state index in [-0.39, 0.29) is 36.5 Å². The van der Waals surface area contributed by atoms with Gasteiger partial charge in [0.15, 0.2) is 5.78 Å². The van der Waals surface area contributed by atoms with Gasteiger partial charge >= 0.3 is 0 Å². The third-order valence-corrected chi connectivity index (χ3v) is 8.70. The van der Waals surface area contributed by atoms with Gasteiger partial charge in [-0.3, -0.25) is 28.9 Å². The van der Waals surface area contributed by atoms with E-state index in [4.69, 9.17) is 4.74 Å². The molecule has 1 unspecified atom stereocenters. The monoisotopic (exact) mass is 703 g/mol. The molecule has 2 aromatic carbocycles. The van der Waals surface area contributed by atoms with E-state index in [2.05, 4.69) is 27.8 Å². The summed E-state index contributed by atoms with van der Waals surface area (Å²) in [5.74, 6) is -1.91. The maximum absolute atomic E-state index is 14.0. The standard InChI is InChI=1S/C40H57N5O6/c1-27(2)23-33(37(47)29(5)6)42-40(50)35(25-31-15-11-8-12-16-31)44-39(49)34(24-28(3)4)43-38(48)32(18-17-30-13-9-7-10-14-30)41-36(46)26-45-19-21-51-22-20-45/h7-16,27-28,32-35H,5,17-26H2,1-4,6H3,(H,41,46)(H,42,50)(H,43,48)(H,44,49)/t32-,33?,34-,35-/m0/s1. The van der Waals surface area contributed by atoms with Gasteiger partial charge in [-0.15, -0.1) is 0 Å². The predicted octanol–water partition coefficient (Wildman–Crippen LogP) is 3.37. The third kappa shape index (κ3) is 14.8. The second-order valence-corrected chi connectivity index (χ2v) is 14.3. The summed E-state index contributed by atoms with van der Waals surface area (Å²) in [5, 5.41) is 11.6. The van der Waals surface area contributed by atoms with E-state index in [0.717, 1.165) is 11.1 Å². The second kappa shape index (κ2) is 21.1. The average Bonchev–Trinajstić information content (AvgIpc) is 3.09. The molecule has 278 valence electrons. The number of benzene rings is 2. The molecule has 0 aliphatic carbocycles. The number of carbonyl (C=O) groups excluding carboxylic acids is 5. The van der Waals surface area contributed by atoms with E-state index < -0.39 is 41.9 Å². The highest BCUT2D eigenvalue weighted by molar-refractivity contribution is 6.01. The van der Waals surface area contributed by atoms with Crippen molar-refractivity contribution in [2.24, 2.45) is 11.8 Å². The van der Waals surface area contributed by atoms with Crippen molar-refractivity contribution in [3.05, 3.63) is 83.9 Å². The Hall–Kier alpha value is -4.35. The van der Waals surface area contributed by atoms with Crippen molar-refractivity contribution in [2.45, 2.75) is 90.9 Å². The third-order valence-electron chi connectivity index (χ3n) is 8.70. The Morgan fingerprint density at radius 3 is 1.75 bits per heavy atom. The zero-order chi connectivity index (χ0) is 37.3. The molecule has 0 spiro atoms. The van der Waals surface area contributed by atoms with Crippen LogP contribution in [-0.2, 0) is 41.6 Å². The summed E-state index contributed by atoms with van der Waals surface area (Å²) < 4.78 is 5.40. The first-order chi connectivity index (χ1) is 24.3. The molecule has 11 heteroatoms. The maximum atomic E-state index is 14.0. The lowest BCUT2D eigenvalue weighted by Gasteiger charge is -2.29. The number of amides is 4. The molecule has 0 aromatic heterocycles. The number of aryl methyl sites for hydroxylation is 1. The summed E-state index contributed by atoms with van der Waals surface area (Å²) in [4.78, 5) is 69.9. The van der Waals surface area contributed by atoms with Gasteiger partial charge in [-0.05, 0) is 61.1 Å². The molecule has 4 N–H and O–H groups in total. The molecule has 1 saturated heterocycles. The van der Waals surface area contributed by atoms with Crippen LogP contribution in [0.3, 0.4) is 0 Å². The van der Waals surface area contributed by atoms with Gasteiger partial charge < -0.3 is 26.0 Å². The van der Waals surface area contributed by atoms with Crippen LogP contribution < -0.4 is 21.3 Å². The lowest BCUT2D eigenvalue weighted by molar-refractivity contribution is -0.134. The van der Waals surface area contributed by atoms with Crippen molar-refractivity contribution >= 4 is 29.4 Å². The number of hydrogen-bond donors (Lipinski definition) is 4. The first-order valence-corrected chi connectivity index (χ1v) is 18.1. The molecular formula is C40H57N5O6. The van der Waals surface area contributed by atoms with Crippen LogP contribution in [0.25, 0.3) is 0 Å². The lowest BCUT2D eigenvalue weighted by atomic mass is 9.96. The fourth-order valence-electron chi connectivity index (χ4n) is 6.01. The Morgan fingerprint density at radius 2 is 1.18 bits per heavy atom. The number of ketones is 1. The van der Waals surface area contributed by atoms with E-state index in [1.165, 1.54) is 0 Å². The fraction of sp³-hybridized carbons (Fsp3) is 0.525. The number of carbonyl (C=O) groups is 5. The van der Waals surface area contributed by atoms with Crippen LogP contribution in [0, 0.1) is 11.8 Å². The van der Waals surface area contributed by atoms with Crippen molar-refractivity contribution in [3.63, 3.8) is 0 Å². The molecular weight excluding hydrogens is 646 g/mol. The van der Waals surface area contributed by atoms with Crippen molar-refractivity contribution in [3.8, 4) is 0 Å². The predicted molar refractivity (Wildman–Crippen MR) is 199 cm³/mol. The second-order valence-electron chi connectivity index (χ2n) is 14.3. The van der Waals surface area contributed by atoms with Gasteiger partial charge in [0, 0.05) is 19.5 Å². The highest BCUT2D eigenvalue weighted by Crippen LogP contribution is 2.13. The van der Waals surface area contributed by atoms with E-state index in [1.807, 2.05) is 93.3 Å². The maximum Gasteiger partial charge on any atom is 0.243 e. The number of nitrogens with zero attached hydrogens (tertiary/aromatic N) is 1. The first kappa shape index (κ1) is 41.1. The van der Waals surface area contributed by atoms with E-state index in [9.17, 15) is 24.0 Å². The molecule has 1 heterocycles. The number of rotatable bonds is 20. The van der Waals surface area contributed by atoms with Gasteiger partial charge in [0.25, 0.3) is 0 Å². The molecule has 0 radical (unpaired) electrons. The van der Waals surface area contributed by atoms with Crippen molar-refractivity contribution in [1.29, 1.82) is 0 Å². The van der Waals surface area contributed by atoms with Crippen molar-refractivity contribution < 1.29 is 28.7 Å². The minimum atomic E-state index is -1.03. The number of hydrogen-bond acceptors (Lipinski definition) is 7. The Labute approximate surface area is 303 Å². The van der Waals surface area contributed by atoms with Crippen LogP contribution in [0.1, 0.15) is 65.0 Å². The summed E-state index contributed by atoms with van der Waals surface area (Å²) >= 11 is 0. The molecule has 1 fully saturated rings. The number of Topliss-reactive ketones (excluding diaryl/α,β-unsaturated/α-hetero) is 1. The van der Waals surface area contributed by atoms with Crippen LogP contribution in [0.4, 0.5) is 0 Å². The number of nitrogens with one attached hydrogen (secondary N) is 4. The smallest absolute Gasteiger partial charge is 0.243 e. The summed E-state index contributed by atoms with van der Waals surface area (Å²) in [6.07, 6.45) is 1.75. The average molecular weight is 704 g/mol. The van der Waals surface area contributed by atoms with Gasteiger partial charge in [0.05, 0.1) is 25.8 Å².